The van der Waals surface area contributed by atoms with E-state index in [1.54, 1.807) is 34.6 Å². The van der Waals surface area contributed by atoms with Crippen LogP contribution < -0.4 is 15.8 Å². The normalized spacial score (nSPS) is 18.8. The average molecular weight is 458 g/mol. The fraction of sp³-hybridized carbons (Fsp3) is 0.500. The Labute approximate surface area is 191 Å². The minimum Gasteiger partial charge on any atom is -0.351 e. The van der Waals surface area contributed by atoms with Gasteiger partial charge in [-0.3, -0.25) is 18.8 Å². The highest BCUT2D eigenvalue weighted by atomic mass is 35.5. The summed E-state index contributed by atoms with van der Waals surface area (Å²) in [6, 6.07) is 1.87. The van der Waals surface area contributed by atoms with Crippen LogP contribution in [0.25, 0.3) is 11.0 Å². The van der Waals surface area contributed by atoms with Gasteiger partial charge in [-0.15, -0.1) is 0 Å². The number of nitrogens with one attached hydrogen (secondary N) is 1. The van der Waals surface area contributed by atoms with Crippen LogP contribution in [0.4, 0.5) is 11.6 Å². The third-order valence-corrected chi connectivity index (χ3v) is 6.22. The number of aryl methyl sites for hydroxylation is 1. The molecule has 170 valence electrons. The molecule has 0 aliphatic heterocycles. The highest BCUT2D eigenvalue weighted by Gasteiger charge is 2.29. The van der Waals surface area contributed by atoms with E-state index in [-0.39, 0.29) is 34.6 Å². The summed E-state index contributed by atoms with van der Waals surface area (Å²) in [5.41, 5.74) is 1.15. The Hall–Kier alpha value is -2.94. The molecule has 32 heavy (non-hydrogen) atoms. The Morgan fingerprint density at radius 2 is 1.97 bits per heavy atom. The van der Waals surface area contributed by atoms with E-state index < -0.39 is 0 Å². The zero-order valence-electron chi connectivity index (χ0n) is 18.7. The average Bonchev–Trinajstić information content (AvgIpc) is 3.15. The second-order valence-corrected chi connectivity index (χ2v) is 9.05. The quantitative estimate of drug-likeness (QED) is 0.629. The number of carbonyl (C=O) groups excluding carboxylic acids is 1. The number of anilines is 2. The number of amides is 1. The molecule has 10 heteroatoms. The van der Waals surface area contributed by atoms with Gasteiger partial charge in [-0.2, -0.15) is 10.1 Å². The van der Waals surface area contributed by atoms with Crippen LogP contribution in [0.2, 0.25) is 5.02 Å². The predicted octanol–water partition coefficient (Wildman–Crippen LogP) is 3.54. The molecule has 3 heterocycles. The molecule has 1 aliphatic carbocycles. The maximum absolute atomic E-state index is 12.5. The molecule has 0 atom stereocenters. The first-order valence-corrected chi connectivity index (χ1v) is 11.2. The van der Waals surface area contributed by atoms with Crippen LogP contribution in [0.15, 0.2) is 29.5 Å². The fourth-order valence-corrected chi connectivity index (χ4v) is 4.69. The lowest BCUT2D eigenvalue weighted by Crippen LogP contribution is -2.43. The molecule has 3 aromatic rings. The lowest BCUT2D eigenvalue weighted by molar-refractivity contribution is -0.117. The van der Waals surface area contributed by atoms with E-state index in [1.807, 2.05) is 32.0 Å². The Morgan fingerprint density at radius 3 is 2.56 bits per heavy atom. The summed E-state index contributed by atoms with van der Waals surface area (Å²) in [4.78, 5) is 35.7. The van der Waals surface area contributed by atoms with Crippen LogP contribution in [0.1, 0.15) is 52.5 Å². The van der Waals surface area contributed by atoms with Gasteiger partial charge in [0.05, 0.1) is 11.9 Å². The van der Waals surface area contributed by atoms with Crippen molar-refractivity contribution in [1.29, 1.82) is 0 Å². The predicted molar refractivity (Wildman–Crippen MR) is 125 cm³/mol. The molecule has 0 radical (unpaired) electrons. The van der Waals surface area contributed by atoms with E-state index in [4.69, 9.17) is 11.6 Å². The van der Waals surface area contributed by atoms with Crippen molar-refractivity contribution in [2.45, 2.75) is 64.6 Å². The number of hydrogen-bond donors (Lipinski definition) is 1. The molecule has 1 N–H and O–H groups in total. The van der Waals surface area contributed by atoms with Crippen LogP contribution in [0.3, 0.4) is 0 Å². The second-order valence-electron chi connectivity index (χ2n) is 8.64. The molecule has 1 aliphatic rings. The zero-order chi connectivity index (χ0) is 23.0. The van der Waals surface area contributed by atoms with Gasteiger partial charge in [0.2, 0.25) is 11.9 Å². The summed E-state index contributed by atoms with van der Waals surface area (Å²) in [5, 5.41) is 8.51. The van der Waals surface area contributed by atoms with Crippen LogP contribution in [-0.4, -0.2) is 42.3 Å². The molecule has 4 rings (SSSR count). The van der Waals surface area contributed by atoms with Crippen molar-refractivity contribution in [2.75, 3.05) is 10.2 Å². The van der Waals surface area contributed by atoms with Crippen LogP contribution in [0.5, 0.6) is 0 Å². The first-order valence-electron chi connectivity index (χ1n) is 10.9. The van der Waals surface area contributed by atoms with Crippen molar-refractivity contribution in [3.63, 3.8) is 0 Å². The topological polar surface area (TPSA) is 97.9 Å². The molecule has 0 spiro atoms. The molecular formula is C22H28ClN7O2. The number of carbonyl (C=O) groups is 1. The lowest BCUT2D eigenvalue weighted by Gasteiger charge is -2.36. The lowest BCUT2D eigenvalue weighted by atomic mass is 9.90. The first kappa shape index (κ1) is 22.3. The van der Waals surface area contributed by atoms with Gasteiger partial charge in [-0.1, -0.05) is 11.6 Å². The number of halogens is 1. The van der Waals surface area contributed by atoms with Gasteiger partial charge in [-0.05, 0) is 45.6 Å². The standard InChI is InChI=1S/C22H28ClN7O2/c1-13(2)29-20-15(9-19(23)21(29)32)10-24-22(27-20)26-16-5-7-17(8-6-16)30(14(3)31)18-11-25-28(4)12-18/h9-13,16-17H,5-8H2,1-4H3,(H,24,26,27)/t16-,17+. The molecule has 3 aromatic heterocycles. The summed E-state index contributed by atoms with van der Waals surface area (Å²) < 4.78 is 3.31. The summed E-state index contributed by atoms with van der Waals surface area (Å²) in [5.74, 6) is 0.519. The van der Waals surface area contributed by atoms with Crippen molar-refractivity contribution in [1.82, 2.24) is 24.3 Å². The van der Waals surface area contributed by atoms with E-state index in [0.29, 0.717) is 11.6 Å². The molecule has 0 unspecified atom stereocenters. The second kappa shape index (κ2) is 8.90. The largest absolute Gasteiger partial charge is 0.351 e. The molecule has 0 aromatic carbocycles. The Morgan fingerprint density at radius 1 is 1.25 bits per heavy atom. The highest BCUT2D eigenvalue weighted by molar-refractivity contribution is 6.31. The first-order chi connectivity index (χ1) is 15.2. The van der Waals surface area contributed by atoms with E-state index in [1.165, 1.54) is 0 Å². The molecule has 0 saturated heterocycles. The zero-order valence-corrected chi connectivity index (χ0v) is 19.5. The van der Waals surface area contributed by atoms with Gasteiger partial charge in [0.25, 0.3) is 5.56 Å². The number of pyridine rings is 1. The Bertz CT molecular complexity index is 1190. The van der Waals surface area contributed by atoms with E-state index in [0.717, 1.165) is 36.8 Å². The van der Waals surface area contributed by atoms with Crippen LogP contribution >= 0.6 is 11.6 Å². The Kier molecular flexibility index (Phi) is 6.19. The molecule has 0 bridgehead atoms. The Balaban J connectivity index is 1.49. The van der Waals surface area contributed by atoms with E-state index in [2.05, 4.69) is 20.4 Å². The van der Waals surface area contributed by atoms with Gasteiger partial charge in [-0.25, -0.2) is 4.98 Å². The molecule has 9 nitrogen and oxygen atoms in total. The molecule has 1 amide bonds. The summed E-state index contributed by atoms with van der Waals surface area (Å²) >= 11 is 6.10. The minimum atomic E-state index is -0.251. The SMILES string of the molecule is CC(=O)N(c1cnn(C)c1)[C@H]1CC[C@@H](Nc2ncc3cc(Cl)c(=O)n(C(C)C)c3n2)CC1. The van der Waals surface area contributed by atoms with Crippen molar-refractivity contribution >= 4 is 40.2 Å². The monoisotopic (exact) mass is 457 g/mol. The van der Waals surface area contributed by atoms with Crippen molar-refractivity contribution in [2.24, 2.45) is 7.05 Å². The molecular weight excluding hydrogens is 430 g/mol. The number of hydrogen-bond acceptors (Lipinski definition) is 6. The fourth-order valence-electron chi connectivity index (χ4n) is 4.48. The highest BCUT2D eigenvalue weighted by Crippen LogP contribution is 2.29. The number of nitrogens with zero attached hydrogens (tertiary/aromatic N) is 6. The van der Waals surface area contributed by atoms with Gasteiger partial charge in [0, 0.05) is 49.9 Å². The summed E-state index contributed by atoms with van der Waals surface area (Å²) in [7, 11) is 1.85. The number of rotatable bonds is 5. The third kappa shape index (κ3) is 4.34. The van der Waals surface area contributed by atoms with E-state index in [9.17, 15) is 9.59 Å². The van der Waals surface area contributed by atoms with Gasteiger partial charge < -0.3 is 10.2 Å². The number of fused-ring (bicyclic) bond motifs is 1. The molecule has 1 fully saturated rings. The van der Waals surface area contributed by atoms with Crippen molar-refractivity contribution in [3.05, 3.63) is 40.0 Å². The molecule has 1 saturated carbocycles. The number of aromatic nitrogens is 5. The van der Waals surface area contributed by atoms with Gasteiger partial charge in [0.15, 0.2) is 0 Å². The third-order valence-electron chi connectivity index (χ3n) is 5.95. The van der Waals surface area contributed by atoms with Crippen molar-refractivity contribution < 1.29 is 4.79 Å². The maximum atomic E-state index is 12.5. The maximum Gasteiger partial charge on any atom is 0.271 e. The smallest absolute Gasteiger partial charge is 0.271 e. The van der Waals surface area contributed by atoms with Gasteiger partial charge in [0.1, 0.15) is 10.7 Å². The van der Waals surface area contributed by atoms with Crippen LogP contribution in [0, 0.1) is 0 Å². The van der Waals surface area contributed by atoms with Gasteiger partial charge >= 0.3 is 0 Å². The minimum absolute atomic E-state index is 0.0255. The van der Waals surface area contributed by atoms with E-state index >= 15 is 0 Å². The van der Waals surface area contributed by atoms with Crippen molar-refractivity contribution in [3.8, 4) is 0 Å². The summed E-state index contributed by atoms with van der Waals surface area (Å²) in [6.45, 7) is 5.45. The van der Waals surface area contributed by atoms with Crippen LogP contribution in [-0.2, 0) is 11.8 Å². The summed E-state index contributed by atoms with van der Waals surface area (Å²) in [6.07, 6.45) is 8.80.